The first-order valence-electron chi connectivity index (χ1n) is 7.06. The molecular formula is C15H20BrNO5. The molecule has 1 aromatic carbocycles. The van der Waals surface area contributed by atoms with E-state index in [2.05, 4.69) is 20.8 Å². The van der Waals surface area contributed by atoms with Gasteiger partial charge >= 0.3 is 11.9 Å². The number of ether oxygens (including phenoxy) is 1. The molecule has 1 saturated heterocycles. The van der Waals surface area contributed by atoms with Gasteiger partial charge in [-0.05, 0) is 50.6 Å². The number of hydrogen-bond donors (Lipinski definition) is 2. The van der Waals surface area contributed by atoms with E-state index in [1.54, 1.807) is 0 Å². The number of benzene rings is 1. The van der Waals surface area contributed by atoms with Crippen LogP contribution in [-0.4, -0.2) is 53.3 Å². The molecule has 1 aliphatic heterocycles. The van der Waals surface area contributed by atoms with Crippen LogP contribution in [-0.2, 0) is 9.59 Å². The Hall–Kier alpha value is -1.60. The number of carboxylic acid groups (broad SMARTS) is 2. The van der Waals surface area contributed by atoms with E-state index < -0.39 is 11.9 Å². The molecule has 0 bridgehead atoms. The minimum absolute atomic E-state index is 0.812. The highest BCUT2D eigenvalue weighted by molar-refractivity contribution is 9.10. The number of rotatable bonds is 5. The van der Waals surface area contributed by atoms with Crippen molar-refractivity contribution in [3.8, 4) is 5.75 Å². The molecule has 0 radical (unpaired) electrons. The molecule has 1 heterocycles. The number of halogens is 1. The molecule has 22 heavy (non-hydrogen) atoms. The van der Waals surface area contributed by atoms with E-state index in [1.807, 2.05) is 24.3 Å². The zero-order valence-corrected chi connectivity index (χ0v) is 13.8. The molecule has 0 saturated carbocycles. The molecule has 2 rings (SSSR count). The summed E-state index contributed by atoms with van der Waals surface area (Å²) in [5.74, 6) is -2.69. The van der Waals surface area contributed by atoms with Crippen LogP contribution in [0.3, 0.4) is 0 Å². The summed E-state index contributed by atoms with van der Waals surface area (Å²) in [6, 6.07) is 8.02. The Balaban J connectivity index is 0.000000346. The first kappa shape index (κ1) is 18.4. The first-order valence-corrected chi connectivity index (χ1v) is 7.85. The van der Waals surface area contributed by atoms with Crippen molar-refractivity contribution >= 4 is 27.9 Å². The number of carboxylic acids is 2. The smallest absolute Gasteiger partial charge is 0.414 e. The van der Waals surface area contributed by atoms with Crippen LogP contribution < -0.4 is 4.74 Å². The Labute approximate surface area is 137 Å². The van der Waals surface area contributed by atoms with Gasteiger partial charge in [0.25, 0.3) is 0 Å². The lowest BCUT2D eigenvalue weighted by molar-refractivity contribution is -0.159. The molecular weight excluding hydrogens is 354 g/mol. The van der Waals surface area contributed by atoms with Gasteiger partial charge in [0, 0.05) is 11.0 Å². The summed E-state index contributed by atoms with van der Waals surface area (Å²) in [4.78, 5) is 20.7. The Morgan fingerprint density at radius 2 is 1.82 bits per heavy atom. The van der Waals surface area contributed by atoms with Crippen molar-refractivity contribution in [2.45, 2.75) is 19.3 Å². The Bertz CT molecular complexity index is 477. The predicted octanol–water partition coefficient (Wildman–Crippen LogP) is 2.47. The molecule has 7 heteroatoms. The van der Waals surface area contributed by atoms with Crippen LogP contribution in [0.1, 0.15) is 19.3 Å². The fourth-order valence-electron chi connectivity index (χ4n) is 2.04. The van der Waals surface area contributed by atoms with Crippen molar-refractivity contribution in [2.24, 2.45) is 0 Å². The highest BCUT2D eigenvalue weighted by Crippen LogP contribution is 2.17. The lowest BCUT2D eigenvalue weighted by Crippen LogP contribution is -2.21. The molecule has 1 aliphatic rings. The largest absolute Gasteiger partial charge is 0.494 e. The number of nitrogens with zero attached hydrogens (tertiary/aromatic N) is 1. The quantitative estimate of drug-likeness (QED) is 0.608. The molecule has 6 nitrogen and oxygen atoms in total. The monoisotopic (exact) mass is 373 g/mol. The van der Waals surface area contributed by atoms with Crippen molar-refractivity contribution in [2.75, 3.05) is 26.2 Å². The summed E-state index contributed by atoms with van der Waals surface area (Å²) >= 11 is 3.44. The summed E-state index contributed by atoms with van der Waals surface area (Å²) < 4.78 is 6.76. The van der Waals surface area contributed by atoms with Crippen LogP contribution in [0, 0.1) is 0 Å². The maximum absolute atomic E-state index is 9.10. The molecule has 1 fully saturated rings. The van der Waals surface area contributed by atoms with E-state index in [-0.39, 0.29) is 0 Å². The fraction of sp³-hybridized carbons (Fsp3) is 0.467. The van der Waals surface area contributed by atoms with Gasteiger partial charge in [0.1, 0.15) is 5.75 Å². The van der Waals surface area contributed by atoms with E-state index >= 15 is 0 Å². The lowest BCUT2D eigenvalue weighted by Gasteiger charge is -2.14. The fourth-order valence-corrected chi connectivity index (χ4v) is 2.42. The van der Waals surface area contributed by atoms with E-state index in [0.29, 0.717) is 0 Å². The van der Waals surface area contributed by atoms with E-state index in [1.165, 1.54) is 32.5 Å². The van der Waals surface area contributed by atoms with Crippen LogP contribution >= 0.6 is 15.9 Å². The van der Waals surface area contributed by atoms with Gasteiger partial charge in [-0.3, -0.25) is 0 Å². The minimum Gasteiger partial charge on any atom is -0.494 e. The van der Waals surface area contributed by atoms with Gasteiger partial charge in [-0.15, -0.1) is 0 Å². The van der Waals surface area contributed by atoms with Gasteiger partial charge in [0.15, 0.2) is 0 Å². The second kappa shape index (κ2) is 10.2. The topological polar surface area (TPSA) is 87.1 Å². The van der Waals surface area contributed by atoms with Gasteiger partial charge in [0.05, 0.1) is 6.61 Å². The molecule has 0 spiro atoms. The average molecular weight is 374 g/mol. The normalized spacial score (nSPS) is 14.0. The van der Waals surface area contributed by atoms with Crippen molar-refractivity contribution in [1.29, 1.82) is 0 Å². The van der Waals surface area contributed by atoms with E-state index in [4.69, 9.17) is 24.5 Å². The van der Waals surface area contributed by atoms with E-state index in [0.717, 1.165) is 23.2 Å². The van der Waals surface area contributed by atoms with Crippen LogP contribution in [0.2, 0.25) is 0 Å². The lowest BCUT2D eigenvalue weighted by atomic mass is 10.3. The molecule has 0 unspecified atom stereocenters. The highest BCUT2D eigenvalue weighted by atomic mass is 79.9. The van der Waals surface area contributed by atoms with Crippen LogP contribution in [0.5, 0.6) is 5.75 Å². The number of likely N-dealkylation sites (tertiary alicyclic amines) is 1. The number of hydrogen-bond acceptors (Lipinski definition) is 4. The molecule has 0 atom stereocenters. The third kappa shape index (κ3) is 7.99. The molecule has 0 amide bonds. The zero-order valence-electron chi connectivity index (χ0n) is 12.2. The van der Waals surface area contributed by atoms with Gasteiger partial charge in [-0.25, -0.2) is 9.59 Å². The third-order valence-electron chi connectivity index (χ3n) is 3.07. The number of carbonyl (C=O) groups is 2. The summed E-state index contributed by atoms with van der Waals surface area (Å²) in [6.07, 6.45) is 3.85. The molecule has 1 aromatic rings. The Morgan fingerprint density at radius 1 is 1.18 bits per heavy atom. The predicted molar refractivity (Wildman–Crippen MR) is 85.2 cm³/mol. The van der Waals surface area contributed by atoms with Gasteiger partial charge in [-0.2, -0.15) is 0 Å². The average Bonchev–Trinajstić information content (AvgIpc) is 2.97. The van der Waals surface area contributed by atoms with Crippen molar-refractivity contribution < 1.29 is 24.5 Å². The second-order valence-corrected chi connectivity index (χ2v) is 5.73. The molecule has 0 aliphatic carbocycles. The maximum atomic E-state index is 9.10. The van der Waals surface area contributed by atoms with Crippen molar-refractivity contribution in [3.63, 3.8) is 0 Å². The SMILES string of the molecule is Brc1cccc(OCCCN2CCCC2)c1.O=C(O)C(=O)O. The zero-order chi connectivity index (χ0) is 16.4. The van der Waals surface area contributed by atoms with Crippen LogP contribution in [0.15, 0.2) is 28.7 Å². The molecule has 0 aromatic heterocycles. The molecule has 2 N–H and O–H groups in total. The standard InChI is InChI=1S/C13H18BrNO.C2H2O4/c14-12-5-3-6-13(11-12)16-10-4-9-15-7-1-2-8-15;3-1(4)2(5)6/h3,5-6,11H,1-2,4,7-10H2;(H,3,4)(H,5,6). The Morgan fingerprint density at radius 3 is 2.36 bits per heavy atom. The van der Waals surface area contributed by atoms with Gasteiger partial charge in [-0.1, -0.05) is 22.0 Å². The Kier molecular flexibility index (Phi) is 8.54. The first-order chi connectivity index (χ1) is 10.5. The second-order valence-electron chi connectivity index (χ2n) is 4.82. The van der Waals surface area contributed by atoms with Crippen LogP contribution in [0.4, 0.5) is 0 Å². The summed E-state index contributed by atoms with van der Waals surface area (Å²) in [5.41, 5.74) is 0. The van der Waals surface area contributed by atoms with Crippen molar-refractivity contribution in [3.05, 3.63) is 28.7 Å². The maximum Gasteiger partial charge on any atom is 0.414 e. The summed E-state index contributed by atoms with van der Waals surface area (Å²) in [7, 11) is 0. The van der Waals surface area contributed by atoms with Crippen molar-refractivity contribution in [1.82, 2.24) is 4.90 Å². The van der Waals surface area contributed by atoms with Crippen LogP contribution in [0.25, 0.3) is 0 Å². The molecule has 122 valence electrons. The van der Waals surface area contributed by atoms with Gasteiger partial charge < -0.3 is 19.8 Å². The van der Waals surface area contributed by atoms with E-state index in [9.17, 15) is 0 Å². The summed E-state index contributed by atoms with van der Waals surface area (Å²) in [6.45, 7) is 4.54. The number of aliphatic carboxylic acids is 2. The summed E-state index contributed by atoms with van der Waals surface area (Å²) in [5, 5.41) is 14.8. The third-order valence-corrected chi connectivity index (χ3v) is 3.56. The highest BCUT2D eigenvalue weighted by Gasteiger charge is 2.10. The minimum atomic E-state index is -1.82. The van der Waals surface area contributed by atoms with Gasteiger partial charge in [0.2, 0.25) is 0 Å².